The number of ether oxygens (including phenoxy) is 1. The highest BCUT2D eigenvalue weighted by Crippen LogP contribution is 2.25. The Labute approximate surface area is 111 Å². The maximum absolute atomic E-state index is 13.7. The van der Waals surface area contributed by atoms with Crippen LogP contribution in [0.4, 0.5) is 4.39 Å². The number of carbonyl (C=O) groups is 1. The lowest BCUT2D eigenvalue weighted by Crippen LogP contribution is -2.28. The molecule has 1 aliphatic heterocycles. The minimum atomic E-state index is -0.373. The molecule has 1 aliphatic rings. The van der Waals surface area contributed by atoms with Crippen LogP contribution >= 0.6 is 0 Å². The fourth-order valence-electron chi connectivity index (χ4n) is 2.60. The van der Waals surface area contributed by atoms with Gasteiger partial charge in [-0.05, 0) is 36.8 Å². The molecule has 2 aromatic carbocycles. The largest absolute Gasteiger partial charge is 0.370 e. The second kappa shape index (κ2) is 5.10. The van der Waals surface area contributed by atoms with Crippen molar-refractivity contribution in [3.63, 3.8) is 0 Å². The van der Waals surface area contributed by atoms with Gasteiger partial charge < -0.3 is 4.74 Å². The average Bonchev–Trinajstić information content (AvgIpc) is 2.48. The predicted octanol–water partition coefficient (Wildman–Crippen LogP) is 3.73. The van der Waals surface area contributed by atoms with Crippen molar-refractivity contribution in [2.45, 2.75) is 25.4 Å². The third-order valence-corrected chi connectivity index (χ3v) is 3.61. The van der Waals surface area contributed by atoms with Crippen molar-refractivity contribution in [1.29, 1.82) is 0 Å². The van der Waals surface area contributed by atoms with Gasteiger partial charge in [-0.25, -0.2) is 4.39 Å². The molecular weight excluding hydrogens is 243 g/mol. The monoisotopic (exact) mass is 258 g/mol. The van der Waals surface area contributed by atoms with E-state index in [4.69, 9.17) is 4.74 Å². The summed E-state index contributed by atoms with van der Waals surface area (Å²) in [6, 6.07) is 10.0. The molecule has 19 heavy (non-hydrogen) atoms. The fourth-order valence-corrected chi connectivity index (χ4v) is 2.60. The van der Waals surface area contributed by atoms with Gasteiger partial charge in [0.05, 0.1) is 0 Å². The summed E-state index contributed by atoms with van der Waals surface area (Å²) in [6.07, 6.45) is 2.40. The highest BCUT2D eigenvalue weighted by atomic mass is 19.1. The van der Waals surface area contributed by atoms with Crippen LogP contribution < -0.4 is 0 Å². The van der Waals surface area contributed by atoms with E-state index in [1.54, 1.807) is 24.3 Å². The number of ketones is 1. The molecule has 1 heterocycles. The smallest absolute Gasteiger partial charge is 0.192 e. The van der Waals surface area contributed by atoms with Crippen LogP contribution in [0.3, 0.4) is 0 Å². The van der Waals surface area contributed by atoms with Gasteiger partial charge in [-0.2, -0.15) is 0 Å². The van der Waals surface area contributed by atoms with Gasteiger partial charge in [-0.1, -0.05) is 24.3 Å². The van der Waals surface area contributed by atoms with Gasteiger partial charge >= 0.3 is 0 Å². The molecule has 0 N–H and O–H groups in total. The summed E-state index contributed by atoms with van der Waals surface area (Å²) < 4.78 is 19.3. The molecule has 2 nitrogen and oxygen atoms in total. The quantitative estimate of drug-likeness (QED) is 0.767. The number of carbonyl (C=O) groups excluding carboxylic acids is 1. The van der Waals surface area contributed by atoms with E-state index in [9.17, 15) is 9.18 Å². The Morgan fingerprint density at radius 3 is 2.63 bits per heavy atom. The first kappa shape index (κ1) is 12.3. The highest BCUT2D eigenvalue weighted by molar-refractivity contribution is 6.10. The van der Waals surface area contributed by atoms with Crippen LogP contribution in [0.25, 0.3) is 10.8 Å². The van der Waals surface area contributed by atoms with Gasteiger partial charge in [-0.15, -0.1) is 0 Å². The van der Waals surface area contributed by atoms with Crippen molar-refractivity contribution < 1.29 is 13.9 Å². The molecule has 0 spiro atoms. The summed E-state index contributed by atoms with van der Waals surface area (Å²) in [5, 5.41) is 1.16. The van der Waals surface area contributed by atoms with Crippen molar-refractivity contribution in [1.82, 2.24) is 0 Å². The molecule has 1 saturated heterocycles. The zero-order valence-corrected chi connectivity index (χ0v) is 10.6. The summed E-state index contributed by atoms with van der Waals surface area (Å²) >= 11 is 0. The van der Waals surface area contributed by atoms with E-state index in [0.29, 0.717) is 22.9 Å². The summed E-state index contributed by atoms with van der Waals surface area (Å²) in [5.74, 6) is -0.326. The normalized spacial score (nSPS) is 19.5. The lowest BCUT2D eigenvalue weighted by atomic mass is 9.95. The first-order valence-corrected chi connectivity index (χ1v) is 6.60. The van der Waals surface area contributed by atoms with Crippen LogP contribution in [-0.4, -0.2) is 18.5 Å². The Bertz CT molecular complexity index is 615. The predicted molar refractivity (Wildman–Crippen MR) is 71.8 cm³/mol. The standard InChI is InChI=1S/C16H15FO2/c17-14-9-8-13(11-5-1-2-6-12(11)14)16(18)15-7-3-4-10-19-15/h1-2,5-6,8-9,15H,3-4,7,10H2. The molecule has 0 saturated carbocycles. The molecule has 1 unspecified atom stereocenters. The molecule has 0 radical (unpaired) electrons. The Balaban J connectivity index is 2.05. The zero-order chi connectivity index (χ0) is 13.2. The van der Waals surface area contributed by atoms with Gasteiger partial charge in [0.2, 0.25) is 0 Å². The van der Waals surface area contributed by atoms with E-state index in [2.05, 4.69) is 0 Å². The van der Waals surface area contributed by atoms with Crippen LogP contribution in [0.15, 0.2) is 36.4 Å². The number of fused-ring (bicyclic) bond motifs is 1. The topological polar surface area (TPSA) is 26.3 Å². The SMILES string of the molecule is O=C(c1ccc(F)c2ccccc12)C1CCCCO1. The number of benzene rings is 2. The summed E-state index contributed by atoms with van der Waals surface area (Å²) in [5.41, 5.74) is 0.559. The maximum Gasteiger partial charge on any atom is 0.192 e. The highest BCUT2D eigenvalue weighted by Gasteiger charge is 2.24. The zero-order valence-electron chi connectivity index (χ0n) is 10.6. The number of halogens is 1. The van der Waals surface area contributed by atoms with Gasteiger partial charge in [0.1, 0.15) is 11.9 Å². The first-order chi connectivity index (χ1) is 9.27. The Morgan fingerprint density at radius 1 is 1.11 bits per heavy atom. The Hall–Kier alpha value is -1.74. The van der Waals surface area contributed by atoms with Gasteiger partial charge in [0.25, 0.3) is 0 Å². The van der Waals surface area contributed by atoms with Gasteiger partial charge in [0, 0.05) is 17.6 Å². The van der Waals surface area contributed by atoms with Crippen molar-refractivity contribution in [2.24, 2.45) is 0 Å². The van der Waals surface area contributed by atoms with Gasteiger partial charge in [-0.3, -0.25) is 4.79 Å². The molecule has 0 aromatic heterocycles. The molecule has 0 aliphatic carbocycles. The molecule has 0 amide bonds. The van der Waals surface area contributed by atoms with Crippen LogP contribution in [0, 0.1) is 5.82 Å². The van der Waals surface area contributed by atoms with E-state index in [1.807, 2.05) is 6.07 Å². The molecule has 1 fully saturated rings. The molecular formula is C16H15FO2. The second-order valence-corrected chi connectivity index (χ2v) is 4.86. The number of Topliss-reactive ketones (excluding diaryl/α,β-unsaturated/α-hetero) is 1. The lowest BCUT2D eigenvalue weighted by molar-refractivity contribution is 0.0188. The van der Waals surface area contributed by atoms with Crippen molar-refractivity contribution in [2.75, 3.05) is 6.61 Å². The average molecular weight is 258 g/mol. The second-order valence-electron chi connectivity index (χ2n) is 4.86. The van der Waals surface area contributed by atoms with Crippen LogP contribution in [0.1, 0.15) is 29.6 Å². The number of rotatable bonds is 2. The number of hydrogen-bond acceptors (Lipinski definition) is 2. The molecule has 3 rings (SSSR count). The molecule has 2 aromatic rings. The van der Waals surface area contributed by atoms with Crippen molar-refractivity contribution >= 4 is 16.6 Å². The summed E-state index contributed by atoms with van der Waals surface area (Å²) in [4.78, 5) is 12.5. The Kier molecular flexibility index (Phi) is 3.30. The lowest BCUT2D eigenvalue weighted by Gasteiger charge is -2.22. The third-order valence-electron chi connectivity index (χ3n) is 3.61. The van der Waals surface area contributed by atoms with E-state index in [-0.39, 0.29) is 17.7 Å². The van der Waals surface area contributed by atoms with E-state index in [0.717, 1.165) is 19.3 Å². The maximum atomic E-state index is 13.7. The van der Waals surface area contributed by atoms with Crippen molar-refractivity contribution in [3.05, 3.63) is 47.8 Å². The summed E-state index contributed by atoms with van der Waals surface area (Å²) in [6.45, 7) is 0.634. The van der Waals surface area contributed by atoms with E-state index >= 15 is 0 Å². The van der Waals surface area contributed by atoms with Crippen molar-refractivity contribution in [3.8, 4) is 0 Å². The van der Waals surface area contributed by atoms with E-state index in [1.165, 1.54) is 6.07 Å². The molecule has 0 bridgehead atoms. The van der Waals surface area contributed by atoms with E-state index < -0.39 is 0 Å². The Morgan fingerprint density at radius 2 is 1.89 bits per heavy atom. The number of hydrogen-bond donors (Lipinski definition) is 0. The summed E-state index contributed by atoms with van der Waals surface area (Å²) in [7, 11) is 0. The van der Waals surface area contributed by atoms with Crippen LogP contribution in [0.2, 0.25) is 0 Å². The fraction of sp³-hybridized carbons (Fsp3) is 0.312. The van der Waals surface area contributed by atoms with Crippen LogP contribution in [0.5, 0.6) is 0 Å². The third kappa shape index (κ3) is 2.26. The molecule has 98 valence electrons. The minimum absolute atomic E-state index is 0.0316. The minimum Gasteiger partial charge on any atom is -0.370 e. The first-order valence-electron chi connectivity index (χ1n) is 6.60. The molecule has 3 heteroatoms. The molecule has 1 atom stereocenters. The van der Waals surface area contributed by atoms with Gasteiger partial charge in [0.15, 0.2) is 5.78 Å². The van der Waals surface area contributed by atoms with Crippen LogP contribution in [-0.2, 0) is 4.74 Å².